The summed E-state index contributed by atoms with van der Waals surface area (Å²) in [6, 6.07) is 0. The zero-order valence-electron chi connectivity index (χ0n) is 9.45. The van der Waals surface area contributed by atoms with Crippen molar-refractivity contribution in [3.63, 3.8) is 0 Å². The molecule has 84 valence electrons. The second kappa shape index (κ2) is 4.44. The topological polar surface area (TPSA) is 75.0 Å². The lowest BCUT2D eigenvalue weighted by Crippen LogP contribution is -2.42. The zero-order valence-corrected chi connectivity index (χ0v) is 9.45. The molecule has 0 spiro atoms. The van der Waals surface area contributed by atoms with Gasteiger partial charge in [-0.25, -0.2) is 4.98 Å². The summed E-state index contributed by atoms with van der Waals surface area (Å²) < 4.78 is 0. The molecule has 0 saturated carbocycles. The summed E-state index contributed by atoms with van der Waals surface area (Å²) in [6.07, 6.45) is 3.41. The lowest BCUT2D eigenvalue weighted by atomic mass is 9.92. The van der Waals surface area contributed by atoms with Crippen LogP contribution in [0.5, 0.6) is 0 Å². The van der Waals surface area contributed by atoms with E-state index >= 15 is 0 Å². The third kappa shape index (κ3) is 2.79. The average molecular weight is 210 g/mol. The van der Waals surface area contributed by atoms with E-state index in [1.54, 1.807) is 24.3 Å². The summed E-state index contributed by atoms with van der Waals surface area (Å²) in [6.45, 7) is 4.51. The van der Waals surface area contributed by atoms with Crippen molar-refractivity contribution in [1.82, 2.24) is 14.9 Å². The molecule has 15 heavy (non-hydrogen) atoms. The van der Waals surface area contributed by atoms with Gasteiger partial charge < -0.3 is 15.6 Å². The fraction of sp³-hybridized carbons (Fsp3) is 0.600. The second-order valence-electron chi connectivity index (χ2n) is 4.29. The number of amides is 1. The molecule has 0 unspecified atom stereocenters. The van der Waals surface area contributed by atoms with Crippen molar-refractivity contribution >= 4 is 5.91 Å². The van der Waals surface area contributed by atoms with Gasteiger partial charge in [-0.15, -0.1) is 0 Å². The van der Waals surface area contributed by atoms with Crippen molar-refractivity contribution in [3.05, 3.63) is 18.2 Å². The predicted molar refractivity (Wildman–Crippen MR) is 57.9 cm³/mol. The third-order valence-electron chi connectivity index (χ3n) is 2.38. The third-order valence-corrected chi connectivity index (χ3v) is 2.38. The van der Waals surface area contributed by atoms with Crippen LogP contribution in [-0.2, 0) is 11.3 Å². The standard InChI is InChI=1S/C10H18N4O/c1-10(2,7-11)9(15)14(3)6-8-12-4-5-13-8/h4-5H,6-7,11H2,1-3H3,(H,12,13). The summed E-state index contributed by atoms with van der Waals surface area (Å²) in [4.78, 5) is 20.6. The molecule has 0 aliphatic rings. The van der Waals surface area contributed by atoms with Crippen molar-refractivity contribution < 1.29 is 4.79 Å². The number of carbonyl (C=O) groups excluding carboxylic acids is 1. The van der Waals surface area contributed by atoms with Crippen LogP contribution in [0.1, 0.15) is 19.7 Å². The minimum Gasteiger partial charge on any atom is -0.347 e. The van der Waals surface area contributed by atoms with E-state index in [2.05, 4.69) is 9.97 Å². The fourth-order valence-electron chi connectivity index (χ4n) is 1.28. The maximum Gasteiger partial charge on any atom is 0.229 e. The van der Waals surface area contributed by atoms with E-state index < -0.39 is 5.41 Å². The molecule has 3 N–H and O–H groups in total. The van der Waals surface area contributed by atoms with Crippen LogP contribution in [0.4, 0.5) is 0 Å². The van der Waals surface area contributed by atoms with E-state index in [9.17, 15) is 4.79 Å². The smallest absolute Gasteiger partial charge is 0.229 e. The molecule has 1 rings (SSSR count). The Bertz CT molecular complexity index is 318. The second-order valence-corrected chi connectivity index (χ2v) is 4.29. The average Bonchev–Trinajstić information content (AvgIpc) is 2.69. The molecular weight excluding hydrogens is 192 g/mol. The molecule has 5 nitrogen and oxygen atoms in total. The van der Waals surface area contributed by atoms with Gasteiger partial charge >= 0.3 is 0 Å². The van der Waals surface area contributed by atoms with Crippen LogP contribution in [-0.4, -0.2) is 34.4 Å². The number of H-pyrrole nitrogens is 1. The molecule has 1 aromatic rings. The van der Waals surface area contributed by atoms with Crippen LogP contribution in [0.3, 0.4) is 0 Å². The van der Waals surface area contributed by atoms with Gasteiger partial charge in [-0.2, -0.15) is 0 Å². The number of nitrogens with two attached hydrogens (primary N) is 1. The Morgan fingerprint density at radius 3 is 2.80 bits per heavy atom. The Kier molecular flexibility index (Phi) is 3.47. The Hall–Kier alpha value is -1.36. The van der Waals surface area contributed by atoms with Gasteiger partial charge in [0.25, 0.3) is 0 Å². The Labute approximate surface area is 89.7 Å². The highest BCUT2D eigenvalue weighted by Gasteiger charge is 2.28. The number of carbonyl (C=O) groups is 1. The summed E-state index contributed by atoms with van der Waals surface area (Å²) in [5, 5.41) is 0. The molecule has 0 aliphatic heterocycles. The molecule has 0 aliphatic carbocycles. The maximum absolute atomic E-state index is 11.9. The summed E-state index contributed by atoms with van der Waals surface area (Å²) >= 11 is 0. The van der Waals surface area contributed by atoms with Gasteiger partial charge in [-0.05, 0) is 13.8 Å². The van der Waals surface area contributed by atoms with Gasteiger partial charge in [-0.1, -0.05) is 0 Å². The number of imidazole rings is 1. The van der Waals surface area contributed by atoms with E-state index in [1.165, 1.54) is 0 Å². The number of aromatic nitrogens is 2. The van der Waals surface area contributed by atoms with E-state index in [4.69, 9.17) is 5.73 Å². The summed E-state index contributed by atoms with van der Waals surface area (Å²) in [7, 11) is 1.75. The van der Waals surface area contributed by atoms with E-state index in [0.717, 1.165) is 5.82 Å². The highest BCUT2D eigenvalue weighted by Crippen LogP contribution is 2.16. The van der Waals surface area contributed by atoms with Gasteiger partial charge in [0, 0.05) is 26.0 Å². The number of nitrogens with zero attached hydrogens (tertiary/aromatic N) is 2. The largest absolute Gasteiger partial charge is 0.347 e. The van der Waals surface area contributed by atoms with Crippen molar-refractivity contribution in [2.75, 3.05) is 13.6 Å². The molecule has 1 aromatic heterocycles. The van der Waals surface area contributed by atoms with E-state index in [0.29, 0.717) is 13.1 Å². The minimum absolute atomic E-state index is 0.0291. The Morgan fingerprint density at radius 1 is 1.67 bits per heavy atom. The summed E-state index contributed by atoms with van der Waals surface area (Å²) in [5.74, 6) is 0.806. The highest BCUT2D eigenvalue weighted by atomic mass is 16.2. The molecule has 1 amide bonds. The van der Waals surface area contributed by atoms with Crippen molar-refractivity contribution in [2.24, 2.45) is 11.1 Å². The SMILES string of the molecule is CN(Cc1ncc[nH]1)C(=O)C(C)(C)CN. The predicted octanol–water partition coefficient (Wildman–Crippen LogP) is 0.353. The van der Waals surface area contributed by atoms with Crippen LogP contribution in [0.2, 0.25) is 0 Å². The van der Waals surface area contributed by atoms with Gasteiger partial charge in [0.2, 0.25) is 5.91 Å². The quantitative estimate of drug-likeness (QED) is 0.753. The van der Waals surface area contributed by atoms with Crippen molar-refractivity contribution in [2.45, 2.75) is 20.4 Å². The van der Waals surface area contributed by atoms with Crippen LogP contribution in [0.15, 0.2) is 12.4 Å². The Balaban J connectivity index is 2.61. The fourth-order valence-corrected chi connectivity index (χ4v) is 1.28. The molecule has 0 atom stereocenters. The molecule has 1 heterocycles. The number of aromatic amines is 1. The molecule has 0 bridgehead atoms. The lowest BCUT2D eigenvalue weighted by Gasteiger charge is -2.27. The number of rotatable bonds is 4. The van der Waals surface area contributed by atoms with Crippen LogP contribution in [0, 0.1) is 5.41 Å². The monoisotopic (exact) mass is 210 g/mol. The molecule has 0 aromatic carbocycles. The first-order chi connectivity index (χ1) is 6.97. The zero-order chi connectivity index (χ0) is 11.5. The molecule has 0 saturated heterocycles. The number of hydrogen-bond acceptors (Lipinski definition) is 3. The maximum atomic E-state index is 11.9. The van der Waals surface area contributed by atoms with Gasteiger partial charge in [0.1, 0.15) is 5.82 Å². The first-order valence-corrected chi connectivity index (χ1v) is 4.91. The van der Waals surface area contributed by atoms with E-state index in [-0.39, 0.29) is 5.91 Å². The molecular formula is C10H18N4O. The lowest BCUT2D eigenvalue weighted by molar-refractivity contribution is -0.139. The van der Waals surface area contributed by atoms with Gasteiger partial charge in [0.15, 0.2) is 0 Å². The highest BCUT2D eigenvalue weighted by molar-refractivity contribution is 5.81. The molecule has 0 radical (unpaired) electrons. The van der Waals surface area contributed by atoms with E-state index in [1.807, 2.05) is 13.8 Å². The molecule has 5 heteroatoms. The first kappa shape index (κ1) is 11.7. The van der Waals surface area contributed by atoms with Crippen molar-refractivity contribution in [3.8, 4) is 0 Å². The van der Waals surface area contributed by atoms with Crippen LogP contribution >= 0.6 is 0 Å². The minimum atomic E-state index is -0.513. The normalized spacial score (nSPS) is 11.5. The van der Waals surface area contributed by atoms with Crippen molar-refractivity contribution in [1.29, 1.82) is 0 Å². The van der Waals surface area contributed by atoms with Crippen LogP contribution in [0.25, 0.3) is 0 Å². The van der Waals surface area contributed by atoms with Gasteiger partial charge in [0.05, 0.1) is 12.0 Å². The number of hydrogen-bond donors (Lipinski definition) is 2. The number of nitrogens with one attached hydrogen (secondary N) is 1. The Morgan fingerprint density at radius 2 is 2.33 bits per heavy atom. The van der Waals surface area contributed by atoms with Crippen LogP contribution < -0.4 is 5.73 Å². The summed E-state index contributed by atoms with van der Waals surface area (Å²) in [5.41, 5.74) is 5.03. The first-order valence-electron chi connectivity index (χ1n) is 4.91. The van der Waals surface area contributed by atoms with Gasteiger partial charge in [-0.3, -0.25) is 4.79 Å². The molecule has 0 fully saturated rings.